The minimum Gasteiger partial charge on any atom is -0.480 e. The Hall–Kier alpha value is -2.11. The minimum atomic E-state index is -1.21. The van der Waals surface area contributed by atoms with Gasteiger partial charge >= 0.3 is 5.97 Å². The SMILES string of the molecule is [N-]=[N+]=NCCNC1(C(=O)O)CCc2cc(F)ccc21. The van der Waals surface area contributed by atoms with Crippen LogP contribution in [0.5, 0.6) is 0 Å². The van der Waals surface area contributed by atoms with E-state index in [1.807, 2.05) is 0 Å². The van der Waals surface area contributed by atoms with Crippen molar-refractivity contribution in [3.63, 3.8) is 0 Å². The first-order chi connectivity index (χ1) is 9.10. The maximum atomic E-state index is 13.1. The summed E-state index contributed by atoms with van der Waals surface area (Å²) in [6, 6.07) is 4.14. The maximum Gasteiger partial charge on any atom is 0.328 e. The number of halogens is 1. The summed E-state index contributed by atoms with van der Waals surface area (Å²) in [6.07, 6.45) is 0.866. The molecule has 1 aromatic carbocycles. The number of benzene rings is 1. The van der Waals surface area contributed by atoms with Crippen LogP contribution in [0.25, 0.3) is 10.4 Å². The zero-order valence-electron chi connectivity index (χ0n) is 10.1. The number of aryl methyl sites for hydroxylation is 1. The number of carboxylic acid groups (broad SMARTS) is 1. The van der Waals surface area contributed by atoms with Gasteiger partial charge in [0.25, 0.3) is 0 Å². The fourth-order valence-electron chi connectivity index (χ4n) is 2.49. The lowest BCUT2D eigenvalue weighted by Crippen LogP contribution is -2.48. The third-order valence-electron chi connectivity index (χ3n) is 3.36. The van der Waals surface area contributed by atoms with E-state index in [-0.39, 0.29) is 18.9 Å². The summed E-state index contributed by atoms with van der Waals surface area (Å²) < 4.78 is 13.1. The van der Waals surface area contributed by atoms with E-state index in [0.717, 1.165) is 0 Å². The van der Waals surface area contributed by atoms with Crippen molar-refractivity contribution in [2.45, 2.75) is 18.4 Å². The van der Waals surface area contributed by atoms with E-state index in [2.05, 4.69) is 15.3 Å². The first-order valence-corrected chi connectivity index (χ1v) is 5.88. The molecule has 0 heterocycles. The minimum absolute atomic E-state index is 0.169. The number of hydrogen-bond acceptors (Lipinski definition) is 3. The molecule has 0 amide bonds. The number of hydrogen-bond donors (Lipinski definition) is 2. The van der Waals surface area contributed by atoms with E-state index in [9.17, 15) is 14.3 Å². The second-order valence-corrected chi connectivity index (χ2v) is 4.39. The van der Waals surface area contributed by atoms with Crippen LogP contribution in [-0.2, 0) is 16.8 Å². The summed E-state index contributed by atoms with van der Waals surface area (Å²) in [5, 5.41) is 15.8. The van der Waals surface area contributed by atoms with Crippen LogP contribution in [0.15, 0.2) is 23.3 Å². The third kappa shape index (κ3) is 2.38. The summed E-state index contributed by atoms with van der Waals surface area (Å²) in [6.45, 7) is 0.426. The zero-order valence-corrected chi connectivity index (χ0v) is 10.1. The van der Waals surface area contributed by atoms with Crippen molar-refractivity contribution < 1.29 is 14.3 Å². The molecule has 0 saturated heterocycles. The number of nitrogens with zero attached hydrogens (tertiary/aromatic N) is 3. The summed E-state index contributed by atoms with van der Waals surface area (Å²) in [5.41, 5.74) is 8.27. The maximum absolute atomic E-state index is 13.1. The normalized spacial score (nSPS) is 20.7. The van der Waals surface area contributed by atoms with Gasteiger partial charge < -0.3 is 5.11 Å². The topological polar surface area (TPSA) is 98.1 Å². The highest BCUT2D eigenvalue weighted by Gasteiger charge is 2.45. The molecule has 2 N–H and O–H groups in total. The van der Waals surface area contributed by atoms with E-state index in [4.69, 9.17) is 5.53 Å². The third-order valence-corrected chi connectivity index (χ3v) is 3.36. The fourth-order valence-corrected chi connectivity index (χ4v) is 2.49. The summed E-state index contributed by atoms with van der Waals surface area (Å²) in [4.78, 5) is 14.2. The molecule has 100 valence electrons. The van der Waals surface area contributed by atoms with Gasteiger partial charge in [0.05, 0.1) is 0 Å². The molecule has 0 fully saturated rings. The smallest absolute Gasteiger partial charge is 0.328 e. The Bertz CT molecular complexity index is 557. The number of rotatable bonds is 5. The summed E-state index contributed by atoms with van der Waals surface area (Å²) in [7, 11) is 0. The Kier molecular flexibility index (Phi) is 3.69. The van der Waals surface area contributed by atoms with Crippen LogP contribution in [-0.4, -0.2) is 24.2 Å². The van der Waals surface area contributed by atoms with Crippen molar-refractivity contribution >= 4 is 5.97 Å². The largest absolute Gasteiger partial charge is 0.480 e. The molecule has 1 aliphatic rings. The van der Waals surface area contributed by atoms with Gasteiger partial charge in [0.2, 0.25) is 0 Å². The van der Waals surface area contributed by atoms with Crippen molar-refractivity contribution in [1.29, 1.82) is 0 Å². The molecule has 0 aliphatic heterocycles. The van der Waals surface area contributed by atoms with Crippen molar-refractivity contribution in [2.75, 3.05) is 13.1 Å². The van der Waals surface area contributed by atoms with Gasteiger partial charge in [0.1, 0.15) is 11.4 Å². The second-order valence-electron chi connectivity index (χ2n) is 4.39. The standard InChI is InChI=1S/C12H13FN4O2/c13-9-1-2-10-8(7-9)3-4-12(10,11(18)19)15-5-6-16-17-14/h1-2,7,15H,3-6H2,(H,18,19). The van der Waals surface area contributed by atoms with Gasteiger partial charge in [-0.1, -0.05) is 11.2 Å². The average molecular weight is 264 g/mol. The number of nitrogens with one attached hydrogen (secondary N) is 1. The molecule has 7 heteroatoms. The van der Waals surface area contributed by atoms with Gasteiger partial charge in [-0.05, 0) is 41.6 Å². The molecule has 19 heavy (non-hydrogen) atoms. The first-order valence-electron chi connectivity index (χ1n) is 5.88. The van der Waals surface area contributed by atoms with Gasteiger partial charge in [-0.15, -0.1) is 0 Å². The van der Waals surface area contributed by atoms with Gasteiger partial charge in [-0.25, -0.2) is 9.18 Å². The second kappa shape index (κ2) is 5.26. The highest BCUT2D eigenvalue weighted by atomic mass is 19.1. The molecule has 6 nitrogen and oxygen atoms in total. The van der Waals surface area contributed by atoms with Crippen LogP contribution in [0, 0.1) is 5.82 Å². The van der Waals surface area contributed by atoms with Crippen molar-refractivity contribution in [3.05, 3.63) is 45.6 Å². The molecule has 0 radical (unpaired) electrons. The quantitative estimate of drug-likeness (QED) is 0.368. The number of aliphatic carboxylic acids is 1. The average Bonchev–Trinajstić information content (AvgIpc) is 2.74. The lowest BCUT2D eigenvalue weighted by molar-refractivity contribution is -0.145. The molecule has 0 bridgehead atoms. The van der Waals surface area contributed by atoms with E-state index in [1.54, 1.807) is 0 Å². The molecule has 0 saturated carbocycles. The van der Waals surface area contributed by atoms with Gasteiger partial charge in [0, 0.05) is 18.0 Å². The molecule has 0 aromatic heterocycles. The Morgan fingerprint density at radius 3 is 3.11 bits per heavy atom. The highest BCUT2D eigenvalue weighted by Crippen LogP contribution is 2.37. The predicted molar refractivity (Wildman–Crippen MR) is 66.1 cm³/mol. The number of azide groups is 1. The lowest BCUT2D eigenvalue weighted by atomic mass is 9.92. The number of fused-ring (bicyclic) bond motifs is 1. The Morgan fingerprint density at radius 1 is 1.63 bits per heavy atom. The molecule has 1 unspecified atom stereocenters. The molecule has 0 spiro atoms. The molecule has 1 atom stereocenters. The summed E-state index contributed by atoms with van der Waals surface area (Å²) in [5.74, 6) is -1.37. The Balaban J connectivity index is 2.28. The number of carbonyl (C=O) groups is 1. The van der Waals surface area contributed by atoms with Crippen LogP contribution in [0.3, 0.4) is 0 Å². The van der Waals surface area contributed by atoms with Crippen molar-refractivity contribution in [2.24, 2.45) is 5.11 Å². The van der Waals surface area contributed by atoms with E-state index >= 15 is 0 Å². The highest BCUT2D eigenvalue weighted by molar-refractivity contribution is 5.82. The van der Waals surface area contributed by atoms with Crippen LogP contribution < -0.4 is 5.32 Å². The Labute approximate surface area is 108 Å². The zero-order chi connectivity index (χ0) is 13.9. The summed E-state index contributed by atoms with van der Waals surface area (Å²) >= 11 is 0. The van der Waals surface area contributed by atoms with Crippen molar-refractivity contribution in [1.82, 2.24) is 5.32 Å². The number of carboxylic acids is 1. The molecule has 1 aromatic rings. The van der Waals surface area contributed by atoms with Crippen LogP contribution in [0.4, 0.5) is 4.39 Å². The monoisotopic (exact) mass is 264 g/mol. The molecular weight excluding hydrogens is 251 g/mol. The molecule has 2 rings (SSSR count). The first kappa shape index (κ1) is 13.3. The lowest BCUT2D eigenvalue weighted by Gasteiger charge is -2.26. The molecule has 1 aliphatic carbocycles. The van der Waals surface area contributed by atoms with Crippen LogP contribution in [0.2, 0.25) is 0 Å². The van der Waals surface area contributed by atoms with Gasteiger partial charge in [0.15, 0.2) is 0 Å². The molecular formula is C12H13FN4O2. The van der Waals surface area contributed by atoms with Crippen molar-refractivity contribution in [3.8, 4) is 0 Å². The Morgan fingerprint density at radius 2 is 2.42 bits per heavy atom. The van der Waals surface area contributed by atoms with E-state index < -0.39 is 11.5 Å². The van der Waals surface area contributed by atoms with Gasteiger partial charge in [-0.2, -0.15) is 0 Å². The van der Waals surface area contributed by atoms with Crippen LogP contribution in [0.1, 0.15) is 17.5 Å². The van der Waals surface area contributed by atoms with Gasteiger partial charge in [-0.3, -0.25) is 5.32 Å². The van der Waals surface area contributed by atoms with E-state index in [1.165, 1.54) is 18.2 Å². The van der Waals surface area contributed by atoms with Crippen LogP contribution >= 0.6 is 0 Å². The predicted octanol–water partition coefficient (Wildman–Crippen LogP) is 1.95. The fraction of sp³-hybridized carbons (Fsp3) is 0.417. The van der Waals surface area contributed by atoms with E-state index in [0.29, 0.717) is 24.0 Å².